The number of rotatable bonds is 6. The van der Waals surface area contributed by atoms with Gasteiger partial charge >= 0.3 is 5.97 Å². The number of carbonyl (C=O) groups is 1. The van der Waals surface area contributed by atoms with Crippen LogP contribution in [0.1, 0.15) is 36.1 Å². The van der Waals surface area contributed by atoms with Crippen LogP contribution in [-0.2, 0) is 0 Å². The highest BCUT2D eigenvalue weighted by atomic mass is 19.1. The molecule has 0 bridgehead atoms. The predicted molar refractivity (Wildman–Crippen MR) is 98.4 cm³/mol. The molecule has 0 spiro atoms. The van der Waals surface area contributed by atoms with Gasteiger partial charge < -0.3 is 19.1 Å². The Morgan fingerprint density at radius 1 is 1.25 bits per heavy atom. The van der Waals surface area contributed by atoms with E-state index in [4.69, 9.17) is 9.47 Å². The molecular formula is C19H19FN4O4. The molecule has 0 radical (unpaired) electrons. The predicted octanol–water partition coefficient (Wildman–Crippen LogP) is 3.87. The van der Waals surface area contributed by atoms with Gasteiger partial charge in [0, 0.05) is 6.04 Å². The van der Waals surface area contributed by atoms with Gasteiger partial charge in [0.1, 0.15) is 5.69 Å². The van der Waals surface area contributed by atoms with E-state index in [-0.39, 0.29) is 29.1 Å². The Balaban J connectivity index is 2.07. The number of carboxylic acid groups (broad SMARTS) is 1. The van der Waals surface area contributed by atoms with Crippen LogP contribution in [-0.4, -0.2) is 37.7 Å². The molecule has 0 aliphatic rings. The first-order valence-corrected chi connectivity index (χ1v) is 8.48. The van der Waals surface area contributed by atoms with Gasteiger partial charge in [-0.1, -0.05) is 6.07 Å². The average molecular weight is 386 g/mol. The summed E-state index contributed by atoms with van der Waals surface area (Å²) in [5, 5.41) is 9.52. The van der Waals surface area contributed by atoms with Crippen LogP contribution < -0.4 is 9.47 Å². The van der Waals surface area contributed by atoms with Crippen LogP contribution in [0.5, 0.6) is 17.4 Å². The Labute approximate surface area is 160 Å². The number of aryl methyl sites for hydroxylation is 1. The number of benzene rings is 1. The number of methoxy groups -OCH3 is 1. The molecule has 9 heteroatoms. The molecule has 0 saturated heterocycles. The summed E-state index contributed by atoms with van der Waals surface area (Å²) in [6.07, 6.45) is 2.76. The van der Waals surface area contributed by atoms with Crippen molar-refractivity contribution in [3.8, 4) is 28.9 Å². The van der Waals surface area contributed by atoms with Gasteiger partial charge in [-0.3, -0.25) is 4.98 Å². The maximum Gasteiger partial charge on any atom is 0.354 e. The molecule has 1 N–H and O–H groups in total. The molecule has 2 heterocycles. The van der Waals surface area contributed by atoms with Crippen LogP contribution in [0.25, 0.3) is 11.5 Å². The number of aromatic carboxylic acids is 1. The van der Waals surface area contributed by atoms with Crippen LogP contribution >= 0.6 is 0 Å². The van der Waals surface area contributed by atoms with Crippen molar-refractivity contribution in [3.05, 3.63) is 47.8 Å². The normalized spacial score (nSPS) is 10.9. The molecule has 2 aromatic heterocycles. The average Bonchev–Trinajstić information content (AvgIpc) is 3.01. The van der Waals surface area contributed by atoms with Gasteiger partial charge in [-0.15, -0.1) is 0 Å². The fourth-order valence-corrected chi connectivity index (χ4v) is 2.85. The first-order chi connectivity index (χ1) is 13.3. The third-order valence-electron chi connectivity index (χ3n) is 4.00. The molecular weight excluding hydrogens is 367 g/mol. The molecule has 1 aromatic carbocycles. The number of hydrogen-bond donors (Lipinski definition) is 1. The maximum atomic E-state index is 14.1. The lowest BCUT2D eigenvalue weighted by atomic mass is 10.3. The van der Waals surface area contributed by atoms with Gasteiger partial charge in [0.15, 0.2) is 23.1 Å². The highest BCUT2D eigenvalue weighted by molar-refractivity contribution is 5.88. The molecule has 0 saturated carbocycles. The number of hydrogen-bond acceptors (Lipinski definition) is 6. The third-order valence-corrected chi connectivity index (χ3v) is 4.00. The summed E-state index contributed by atoms with van der Waals surface area (Å²) in [5.41, 5.74) is 0.742. The van der Waals surface area contributed by atoms with Gasteiger partial charge in [-0.05, 0) is 32.9 Å². The van der Waals surface area contributed by atoms with Crippen LogP contribution in [0.3, 0.4) is 0 Å². The van der Waals surface area contributed by atoms with Crippen molar-refractivity contribution in [2.75, 3.05) is 7.11 Å². The standard InChI is InChI=1S/C19H19FN4O4/c1-10(2)24-16(19(25)26)11(3)22-18(24)13-8-21-9-15(23-13)28-17-12(20)6-5-7-14(17)27-4/h5-10H,1-4H3,(H,25,26). The Bertz CT molecular complexity index is 1030. The van der Waals surface area contributed by atoms with Crippen molar-refractivity contribution < 1.29 is 23.8 Å². The molecule has 0 unspecified atom stereocenters. The molecule has 0 fully saturated rings. The number of para-hydroxylation sites is 1. The zero-order chi connectivity index (χ0) is 20.4. The number of aromatic nitrogens is 4. The first-order valence-electron chi connectivity index (χ1n) is 8.48. The summed E-state index contributed by atoms with van der Waals surface area (Å²) in [4.78, 5) is 24.4. The molecule has 3 rings (SSSR count). The molecule has 0 atom stereocenters. The minimum Gasteiger partial charge on any atom is -0.493 e. The van der Waals surface area contributed by atoms with Crippen molar-refractivity contribution in [1.82, 2.24) is 19.5 Å². The van der Waals surface area contributed by atoms with Gasteiger partial charge in [-0.25, -0.2) is 19.2 Å². The molecule has 0 aliphatic heterocycles. The summed E-state index contributed by atoms with van der Waals surface area (Å²) >= 11 is 0. The molecule has 0 amide bonds. The number of halogens is 1. The van der Waals surface area contributed by atoms with E-state index in [0.717, 1.165) is 0 Å². The highest BCUT2D eigenvalue weighted by Crippen LogP contribution is 2.34. The van der Waals surface area contributed by atoms with E-state index >= 15 is 0 Å². The van der Waals surface area contributed by atoms with Crippen molar-refractivity contribution in [2.45, 2.75) is 26.8 Å². The quantitative estimate of drug-likeness (QED) is 0.686. The van der Waals surface area contributed by atoms with Gasteiger partial charge in [0.25, 0.3) is 0 Å². The topological polar surface area (TPSA) is 99.4 Å². The lowest BCUT2D eigenvalue weighted by molar-refractivity contribution is 0.0682. The van der Waals surface area contributed by atoms with E-state index in [2.05, 4.69) is 15.0 Å². The Morgan fingerprint density at radius 2 is 2.00 bits per heavy atom. The number of imidazole rings is 1. The molecule has 0 aliphatic carbocycles. The van der Waals surface area contributed by atoms with E-state index in [1.807, 2.05) is 13.8 Å². The van der Waals surface area contributed by atoms with Crippen molar-refractivity contribution in [3.63, 3.8) is 0 Å². The summed E-state index contributed by atoms with van der Waals surface area (Å²) in [6.45, 7) is 5.30. The van der Waals surface area contributed by atoms with Crippen molar-refractivity contribution in [2.24, 2.45) is 0 Å². The lowest BCUT2D eigenvalue weighted by Crippen LogP contribution is -2.13. The SMILES string of the molecule is COc1cccc(F)c1Oc1cncc(-c2nc(C)c(C(=O)O)n2C(C)C)n1. The minimum absolute atomic E-state index is 0.0220. The van der Waals surface area contributed by atoms with Crippen LogP contribution in [0, 0.1) is 12.7 Å². The second-order valence-corrected chi connectivity index (χ2v) is 6.25. The second kappa shape index (κ2) is 7.63. The smallest absolute Gasteiger partial charge is 0.354 e. The Morgan fingerprint density at radius 3 is 2.64 bits per heavy atom. The van der Waals surface area contributed by atoms with E-state index in [9.17, 15) is 14.3 Å². The fourth-order valence-electron chi connectivity index (χ4n) is 2.85. The Hall–Kier alpha value is -3.49. The molecule has 146 valence electrons. The number of nitrogens with zero attached hydrogens (tertiary/aromatic N) is 4. The van der Waals surface area contributed by atoms with Crippen molar-refractivity contribution in [1.29, 1.82) is 0 Å². The second-order valence-electron chi connectivity index (χ2n) is 6.25. The number of ether oxygens (including phenoxy) is 2. The van der Waals surface area contributed by atoms with E-state index < -0.39 is 11.8 Å². The fraction of sp³-hybridized carbons (Fsp3) is 0.263. The zero-order valence-electron chi connectivity index (χ0n) is 15.8. The zero-order valence-corrected chi connectivity index (χ0v) is 15.8. The summed E-state index contributed by atoms with van der Waals surface area (Å²) in [5.74, 6) is -1.25. The van der Waals surface area contributed by atoms with Crippen LogP contribution in [0.2, 0.25) is 0 Å². The lowest BCUT2D eigenvalue weighted by Gasteiger charge is -2.14. The van der Waals surface area contributed by atoms with E-state index in [0.29, 0.717) is 17.2 Å². The molecule has 3 aromatic rings. The largest absolute Gasteiger partial charge is 0.493 e. The highest BCUT2D eigenvalue weighted by Gasteiger charge is 2.24. The van der Waals surface area contributed by atoms with Crippen LogP contribution in [0.4, 0.5) is 4.39 Å². The summed E-state index contributed by atoms with van der Waals surface area (Å²) in [7, 11) is 1.40. The number of carboxylic acids is 1. The maximum absolute atomic E-state index is 14.1. The van der Waals surface area contributed by atoms with Crippen molar-refractivity contribution >= 4 is 5.97 Å². The minimum atomic E-state index is -1.08. The van der Waals surface area contributed by atoms with E-state index in [1.54, 1.807) is 17.6 Å². The monoisotopic (exact) mass is 386 g/mol. The first kappa shape index (κ1) is 19.3. The summed E-state index contributed by atoms with van der Waals surface area (Å²) < 4.78 is 26.4. The Kier molecular flexibility index (Phi) is 5.25. The molecule has 8 nitrogen and oxygen atoms in total. The van der Waals surface area contributed by atoms with E-state index in [1.165, 1.54) is 31.6 Å². The van der Waals surface area contributed by atoms with Crippen LogP contribution in [0.15, 0.2) is 30.6 Å². The van der Waals surface area contributed by atoms with Gasteiger partial charge in [-0.2, -0.15) is 0 Å². The van der Waals surface area contributed by atoms with Gasteiger partial charge in [0.2, 0.25) is 11.6 Å². The summed E-state index contributed by atoms with van der Waals surface area (Å²) in [6, 6.07) is 4.12. The van der Waals surface area contributed by atoms with Gasteiger partial charge in [0.05, 0.1) is 25.2 Å². The third kappa shape index (κ3) is 3.51. The molecule has 28 heavy (non-hydrogen) atoms.